The van der Waals surface area contributed by atoms with Crippen LogP contribution in [-0.2, 0) is 15.9 Å². The van der Waals surface area contributed by atoms with Gasteiger partial charge in [-0.25, -0.2) is 9.59 Å². The Balaban J connectivity index is 2.39. The summed E-state index contributed by atoms with van der Waals surface area (Å²) in [4.78, 5) is 25.5. The number of thiophene rings is 1. The molecule has 0 saturated heterocycles. The molecular formula is C20H24N2O6S2. The van der Waals surface area contributed by atoms with Crippen LogP contribution >= 0.6 is 23.6 Å². The van der Waals surface area contributed by atoms with E-state index in [-0.39, 0.29) is 10.7 Å². The van der Waals surface area contributed by atoms with E-state index in [1.807, 2.05) is 13.8 Å². The topological polar surface area (TPSA) is 95.1 Å². The average molecular weight is 453 g/mol. The number of ether oxygens (including phenoxy) is 4. The Kier molecular flexibility index (Phi) is 8.01. The minimum absolute atomic E-state index is 0.182. The number of thiocarbonyl (C=S) groups is 1. The number of methoxy groups -OCH3 is 4. The van der Waals surface area contributed by atoms with Gasteiger partial charge in [0.05, 0.1) is 45.3 Å². The van der Waals surface area contributed by atoms with Crippen LogP contribution < -0.4 is 20.1 Å². The Morgan fingerprint density at radius 1 is 1.00 bits per heavy atom. The molecule has 1 aromatic heterocycles. The summed E-state index contributed by atoms with van der Waals surface area (Å²) in [6.45, 7) is 3.90. The highest BCUT2D eigenvalue weighted by Crippen LogP contribution is 2.36. The molecule has 8 nitrogen and oxygen atoms in total. The molecule has 0 atom stereocenters. The van der Waals surface area contributed by atoms with Gasteiger partial charge in [0.15, 0.2) is 16.6 Å². The first kappa shape index (κ1) is 23.4. The Hall–Kier alpha value is -2.85. The molecule has 162 valence electrons. The second-order valence-corrected chi connectivity index (χ2v) is 7.64. The van der Waals surface area contributed by atoms with Gasteiger partial charge in [-0.3, -0.25) is 0 Å². The molecule has 0 saturated carbocycles. The molecule has 2 rings (SSSR count). The number of carbonyl (C=O) groups is 2. The van der Waals surface area contributed by atoms with Crippen LogP contribution in [0.1, 0.15) is 38.1 Å². The molecular weight excluding hydrogens is 428 g/mol. The maximum atomic E-state index is 12.3. The third-order valence-corrected chi connectivity index (χ3v) is 5.62. The minimum Gasteiger partial charge on any atom is -0.493 e. The van der Waals surface area contributed by atoms with Gasteiger partial charge in [-0.2, -0.15) is 0 Å². The number of esters is 2. The molecule has 0 aliphatic heterocycles. The van der Waals surface area contributed by atoms with Gasteiger partial charge in [0.2, 0.25) is 0 Å². The summed E-state index contributed by atoms with van der Waals surface area (Å²) in [6, 6.07) is 3.08. The number of hydrogen-bond donors (Lipinski definition) is 2. The third kappa shape index (κ3) is 4.82. The molecule has 10 heteroatoms. The average Bonchev–Trinajstić information content (AvgIpc) is 3.06. The van der Waals surface area contributed by atoms with E-state index in [0.29, 0.717) is 34.2 Å². The van der Waals surface area contributed by atoms with Crippen LogP contribution in [0.25, 0.3) is 0 Å². The van der Waals surface area contributed by atoms with E-state index in [1.165, 1.54) is 45.8 Å². The predicted octanol–water partition coefficient (Wildman–Crippen LogP) is 4.02. The standard InChI is InChI=1S/C20H24N2O6S2/c1-7-11-10(2)30-17(16(11)19(24)28-6)22-20(29)21-13-9-15(26-4)14(25-3)8-12(13)18(23)27-5/h8-9H,7H2,1-6H3,(H2,21,22,29). The van der Waals surface area contributed by atoms with E-state index in [1.54, 1.807) is 6.07 Å². The molecule has 0 aliphatic rings. The highest BCUT2D eigenvalue weighted by molar-refractivity contribution is 7.80. The molecule has 0 aliphatic carbocycles. The number of hydrogen-bond acceptors (Lipinski definition) is 8. The van der Waals surface area contributed by atoms with Crippen LogP contribution in [0.2, 0.25) is 0 Å². The molecule has 0 fully saturated rings. The van der Waals surface area contributed by atoms with Crippen molar-refractivity contribution in [2.24, 2.45) is 0 Å². The van der Waals surface area contributed by atoms with Crippen molar-refractivity contribution in [2.45, 2.75) is 20.3 Å². The van der Waals surface area contributed by atoms with Crippen molar-refractivity contribution < 1.29 is 28.5 Å². The Morgan fingerprint density at radius 2 is 1.60 bits per heavy atom. The fourth-order valence-electron chi connectivity index (χ4n) is 2.93. The van der Waals surface area contributed by atoms with Gasteiger partial charge in [0.25, 0.3) is 0 Å². The molecule has 0 unspecified atom stereocenters. The largest absolute Gasteiger partial charge is 0.493 e. The zero-order chi connectivity index (χ0) is 22.4. The van der Waals surface area contributed by atoms with Crippen molar-refractivity contribution in [3.8, 4) is 11.5 Å². The smallest absolute Gasteiger partial charge is 0.341 e. The van der Waals surface area contributed by atoms with Crippen molar-refractivity contribution in [1.82, 2.24) is 0 Å². The molecule has 2 N–H and O–H groups in total. The third-order valence-electron chi connectivity index (χ3n) is 4.36. The first-order valence-electron chi connectivity index (χ1n) is 8.94. The first-order valence-corrected chi connectivity index (χ1v) is 10.2. The maximum Gasteiger partial charge on any atom is 0.341 e. The zero-order valence-electron chi connectivity index (χ0n) is 17.6. The van der Waals surface area contributed by atoms with Gasteiger partial charge < -0.3 is 29.6 Å². The van der Waals surface area contributed by atoms with Crippen LogP contribution in [0.3, 0.4) is 0 Å². The lowest BCUT2D eigenvalue weighted by atomic mass is 10.1. The second kappa shape index (κ2) is 10.3. The molecule has 0 bridgehead atoms. The second-order valence-electron chi connectivity index (χ2n) is 6.01. The summed E-state index contributed by atoms with van der Waals surface area (Å²) >= 11 is 6.82. The van der Waals surface area contributed by atoms with Crippen molar-refractivity contribution >= 4 is 51.3 Å². The summed E-state index contributed by atoms with van der Waals surface area (Å²) in [7, 11) is 5.57. The van der Waals surface area contributed by atoms with Gasteiger partial charge >= 0.3 is 11.9 Å². The monoisotopic (exact) mass is 452 g/mol. The van der Waals surface area contributed by atoms with Crippen LogP contribution in [0.5, 0.6) is 11.5 Å². The van der Waals surface area contributed by atoms with E-state index in [0.717, 1.165) is 10.4 Å². The van der Waals surface area contributed by atoms with Crippen LogP contribution in [0.4, 0.5) is 10.7 Å². The summed E-state index contributed by atoms with van der Waals surface area (Å²) < 4.78 is 20.3. The van der Waals surface area contributed by atoms with Gasteiger partial charge in [-0.15, -0.1) is 11.3 Å². The van der Waals surface area contributed by atoms with Gasteiger partial charge in [0.1, 0.15) is 5.00 Å². The summed E-state index contributed by atoms with van der Waals surface area (Å²) in [5, 5.41) is 6.75. The first-order chi connectivity index (χ1) is 14.3. The highest BCUT2D eigenvalue weighted by atomic mass is 32.1. The Bertz CT molecular complexity index is 971. The molecule has 0 spiro atoms. The van der Waals surface area contributed by atoms with Gasteiger partial charge in [-0.05, 0) is 31.1 Å². The maximum absolute atomic E-state index is 12.3. The minimum atomic E-state index is -0.572. The summed E-state index contributed by atoms with van der Waals surface area (Å²) in [5.41, 5.74) is 1.93. The summed E-state index contributed by atoms with van der Waals surface area (Å²) in [6.07, 6.45) is 0.677. The van der Waals surface area contributed by atoms with Crippen LogP contribution in [0.15, 0.2) is 12.1 Å². The van der Waals surface area contributed by atoms with E-state index in [2.05, 4.69) is 10.6 Å². The molecule has 2 aromatic rings. The van der Waals surface area contributed by atoms with Gasteiger partial charge in [-0.1, -0.05) is 6.92 Å². The number of rotatable bonds is 7. The number of carbonyl (C=O) groups excluding carboxylic acids is 2. The predicted molar refractivity (Wildman–Crippen MR) is 121 cm³/mol. The highest BCUT2D eigenvalue weighted by Gasteiger charge is 2.23. The molecule has 0 radical (unpaired) electrons. The quantitative estimate of drug-likeness (QED) is 0.477. The Morgan fingerprint density at radius 3 is 2.13 bits per heavy atom. The van der Waals surface area contributed by atoms with E-state index < -0.39 is 11.9 Å². The number of anilines is 2. The summed E-state index contributed by atoms with van der Waals surface area (Å²) in [5.74, 6) is -0.234. The van der Waals surface area contributed by atoms with E-state index >= 15 is 0 Å². The van der Waals surface area contributed by atoms with Gasteiger partial charge in [0, 0.05) is 17.0 Å². The lowest BCUT2D eigenvalue weighted by Gasteiger charge is -2.16. The fraction of sp³-hybridized carbons (Fsp3) is 0.350. The van der Waals surface area contributed by atoms with E-state index in [4.69, 9.17) is 31.2 Å². The van der Waals surface area contributed by atoms with Crippen LogP contribution in [0, 0.1) is 6.92 Å². The SMILES string of the molecule is CCc1c(C)sc(NC(=S)Nc2cc(OC)c(OC)cc2C(=O)OC)c1C(=O)OC. The normalized spacial score (nSPS) is 10.2. The Labute approximate surface area is 184 Å². The lowest BCUT2D eigenvalue weighted by molar-refractivity contribution is 0.0592. The van der Waals surface area contributed by atoms with Crippen molar-refractivity contribution in [1.29, 1.82) is 0 Å². The number of nitrogens with one attached hydrogen (secondary N) is 2. The van der Waals surface area contributed by atoms with Crippen molar-refractivity contribution in [2.75, 3.05) is 39.1 Å². The molecule has 0 amide bonds. The van der Waals surface area contributed by atoms with Crippen molar-refractivity contribution in [3.05, 3.63) is 33.7 Å². The zero-order valence-corrected chi connectivity index (χ0v) is 19.3. The molecule has 1 heterocycles. The molecule has 1 aromatic carbocycles. The fourth-order valence-corrected chi connectivity index (χ4v) is 4.34. The van der Waals surface area contributed by atoms with E-state index in [9.17, 15) is 9.59 Å². The van der Waals surface area contributed by atoms with Crippen LogP contribution in [-0.4, -0.2) is 45.5 Å². The lowest BCUT2D eigenvalue weighted by Crippen LogP contribution is -2.22. The number of benzene rings is 1. The number of aryl methyl sites for hydroxylation is 1. The van der Waals surface area contributed by atoms with Crippen molar-refractivity contribution in [3.63, 3.8) is 0 Å². The molecule has 30 heavy (non-hydrogen) atoms.